The monoisotopic (exact) mass is 226 g/mol. The molecule has 0 radical (unpaired) electrons. The van der Waals surface area contributed by atoms with Crippen molar-refractivity contribution in [2.24, 2.45) is 0 Å². The summed E-state index contributed by atoms with van der Waals surface area (Å²) in [6.45, 7) is 5.22. The van der Waals surface area contributed by atoms with E-state index >= 15 is 0 Å². The molecule has 1 aliphatic rings. The lowest BCUT2D eigenvalue weighted by molar-refractivity contribution is 1.04. The van der Waals surface area contributed by atoms with Crippen molar-refractivity contribution in [2.75, 3.05) is 11.9 Å². The highest BCUT2D eigenvalue weighted by molar-refractivity contribution is 5.92. The SMILES string of the molecule is CCNc1cc(C2CC2)nc2ccc(C)cc12. The number of nitrogens with one attached hydrogen (secondary N) is 1. The minimum absolute atomic E-state index is 0.707. The summed E-state index contributed by atoms with van der Waals surface area (Å²) in [6, 6.07) is 8.74. The Morgan fingerprint density at radius 3 is 2.82 bits per heavy atom. The van der Waals surface area contributed by atoms with Crippen LogP contribution in [-0.2, 0) is 0 Å². The van der Waals surface area contributed by atoms with Gasteiger partial charge in [-0.2, -0.15) is 0 Å². The van der Waals surface area contributed by atoms with E-state index in [0.29, 0.717) is 5.92 Å². The number of nitrogens with zero attached hydrogens (tertiary/aromatic N) is 1. The first-order valence-corrected chi connectivity index (χ1v) is 6.43. The fraction of sp³-hybridized carbons (Fsp3) is 0.400. The zero-order valence-electron chi connectivity index (χ0n) is 10.5. The third-order valence-electron chi connectivity index (χ3n) is 3.35. The van der Waals surface area contributed by atoms with Gasteiger partial charge < -0.3 is 5.32 Å². The highest BCUT2D eigenvalue weighted by atomic mass is 14.9. The predicted molar refractivity (Wildman–Crippen MR) is 72.6 cm³/mol. The Kier molecular flexibility index (Phi) is 2.50. The Hall–Kier alpha value is -1.57. The molecular formula is C15H18N2. The molecule has 0 atom stereocenters. The predicted octanol–water partition coefficient (Wildman–Crippen LogP) is 3.85. The van der Waals surface area contributed by atoms with Crippen molar-refractivity contribution in [3.63, 3.8) is 0 Å². The second kappa shape index (κ2) is 4.02. The van der Waals surface area contributed by atoms with Gasteiger partial charge in [0.2, 0.25) is 0 Å². The molecule has 1 aromatic carbocycles. The molecule has 2 heteroatoms. The Bertz CT molecular complexity index is 556. The number of aryl methyl sites for hydroxylation is 1. The van der Waals surface area contributed by atoms with Crippen LogP contribution in [0.1, 0.15) is 36.9 Å². The van der Waals surface area contributed by atoms with Crippen molar-refractivity contribution in [3.8, 4) is 0 Å². The minimum atomic E-state index is 0.707. The summed E-state index contributed by atoms with van der Waals surface area (Å²) in [6.07, 6.45) is 2.60. The molecule has 1 aliphatic carbocycles. The maximum absolute atomic E-state index is 4.78. The molecule has 0 spiro atoms. The molecule has 1 N–H and O–H groups in total. The normalized spacial score (nSPS) is 15.2. The zero-order chi connectivity index (χ0) is 11.8. The number of hydrogen-bond acceptors (Lipinski definition) is 2. The van der Waals surface area contributed by atoms with Crippen LogP contribution in [0.3, 0.4) is 0 Å². The molecule has 0 bridgehead atoms. The fourth-order valence-corrected chi connectivity index (χ4v) is 2.29. The van der Waals surface area contributed by atoms with E-state index in [2.05, 4.69) is 43.4 Å². The number of benzene rings is 1. The molecule has 2 aromatic rings. The van der Waals surface area contributed by atoms with Gasteiger partial charge >= 0.3 is 0 Å². The zero-order valence-corrected chi connectivity index (χ0v) is 10.5. The van der Waals surface area contributed by atoms with Crippen molar-refractivity contribution in [2.45, 2.75) is 32.6 Å². The van der Waals surface area contributed by atoms with E-state index in [-0.39, 0.29) is 0 Å². The summed E-state index contributed by atoms with van der Waals surface area (Å²) in [5.74, 6) is 0.707. The Labute approximate surface area is 102 Å². The highest BCUT2D eigenvalue weighted by Crippen LogP contribution is 2.41. The van der Waals surface area contributed by atoms with Crippen molar-refractivity contribution >= 4 is 16.6 Å². The molecule has 17 heavy (non-hydrogen) atoms. The lowest BCUT2D eigenvalue weighted by Gasteiger charge is -2.11. The van der Waals surface area contributed by atoms with Gasteiger partial charge in [0.25, 0.3) is 0 Å². The first-order valence-electron chi connectivity index (χ1n) is 6.43. The van der Waals surface area contributed by atoms with E-state index in [0.717, 1.165) is 12.1 Å². The third-order valence-corrected chi connectivity index (χ3v) is 3.35. The fourth-order valence-electron chi connectivity index (χ4n) is 2.29. The number of hydrogen-bond donors (Lipinski definition) is 1. The van der Waals surface area contributed by atoms with Gasteiger partial charge in [-0.3, -0.25) is 4.98 Å². The van der Waals surface area contributed by atoms with Gasteiger partial charge in [-0.15, -0.1) is 0 Å². The number of rotatable bonds is 3. The Morgan fingerprint density at radius 1 is 1.29 bits per heavy atom. The summed E-state index contributed by atoms with van der Waals surface area (Å²) < 4.78 is 0. The lowest BCUT2D eigenvalue weighted by Crippen LogP contribution is -2.00. The standard InChI is InChI=1S/C15H18N2/c1-3-16-15-9-14(11-5-6-11)17-13-7-4-10(2)8-12(13)15/h4,7-9,11H,3,5-6H2,1-2H3,(H,16,17). The van der Waals surface area contributed by atoms with Crippen LogP contribution in [0.4, 0.5) is 5.69 Å². The van der Waals surface area contributed by atoms with Gasteiger partial charge in [0.1, 0.15) is 0 Å². The van der Waals surface area contributed by atoms with Crippen LogP contribution >= 0.6 is 0 Å². The second-order valence-electron chi connectivity index (χ2n) is 4.92. The van der Waals surface area contributed by atoms with Gasteiger partial charge in [-0.1, -0.05) is 11.6 Å². The molecule has 0 aliphatic heterocycles. The molecule has 0 saturated heterocycles. The van der Waals surface area contributed by atoms with Crippen LogP contribution in [0.15, 0.2) is 24.3 Å². The maximum atomic E-state index is 4.78. The largest absolute Gasteiger partial charge is 0.385 e. The quantitative estimate of drug-likeness (QED) is 0.859. The molecule has 0 unspecified atom stereocenters. The maximum Gasteiger partial charge on any atom is 0.0726 e. The van der Waals surface area contributed by atoms with Gasteiger partial charge in [0.05, 0.1) is 5.52 Å². The smallest absolute Gasteiger partial charge is 0.0726 e. The summed E-state index contributed by atoms with van der Waals surface area (Å²) in [4.78, 5) is 4.78. The molecule has 1 fully saturated rings. The van der Waals surface area contributed by atoms with Crippen LogP contribution < -0.4 is 5.32 Å². The molecule has 1 heterocycles. The van der Waals surface area contributed by atoms with Gasteiger partial charge in [0, 0.05) is 29.2 Å². The van der Waals surface area contributed by atoms with E-state index < -0.39 is 0 Å². The van der Waals surface area contributed by atoms with Crippen molar-refractivity contribution < 1.29 is 0 Å². The molecule has 1 saturated carbocycles. The van der Waals surface area contributed by atoms with E-state index in [1.807, 2.05) is 0 Å². The van der Waals surface area contributed by atoms with Gasteiger partial charge in [-0.05, 0) is 44.9 Å². The van der Waals surface area contributed by atoms with E-state index in [9.17, 15) is 0 Å². The molecule has 88 valence electrons. The van der Waals surface area contributed by atoms with Crippen molar-refractivity contribution in [1.82, 2.24) is 4.98 Å². The first kappa shape index (κ1) is 10.6. The lowest BCUT2D eigenvalue weighted by atomic mass is 10.1. The number of aromatic nitrogens is 1. The molecule has 2 nitrogen and oxygen atoms in total. The molecule has 1 aromatic heterocycles. The van der Waals surface area contributed by atoms with E-state index in [1.54, 1.807) is 0 Å². The average molecular weight is 226 g/mol. The molecular weight excluding hydrogens is 208 g/mol. The van der Waals surface area contributed by atoms with Gasteiger partial charge in [0.15, 0.2) is 0 Å². The Morgan fingerprint density at radius 2 is 2.12 bits per heavy atom. The van der Waals surface area contributed by atoms with Gasteiger partial charge in [-0.25, -0.2) is 0 Å². The van der Waals surface area contributed by atoms with Crippen molar-refractivity contribution in [3.05, 3.63) is 35.5 Å². The topological polar surface area (TPSA) is 24.9 Å². The summed E-state index contributed by atoms with van der Waals surface area (Å²) in [5, 5.41) is 4.71. The van der Waals surface area contributed by atoms with Crippen LogP contribution in [0.25, 0.3) is 10.9 Å². The van der Waals surface area contributed by atoms with Crippen molar-refractivity contribution in [1.29, 1.82) is 0 Å². The summed E-state index contributed by atoms with van der Waals surface area (Å²) in [7, 11) is 0. The molecule has 0 amide bonds. The number of anilines is 1. The first-order chi connectivity index (χ1) is 8.28. The average Bonchev–Trinajstić information content (AvgIpc) is 3.14. The third kappa shape index (κ3) is 1.99. The number of pyridine rings is 1. The van der Waals surface area contributed by atoms with E-state index in [4.69, 9.17) is 4.98 Å². The summed E-state index contributed by atoms with van der Waals surface area (Å²) in [5.41, 5.74) is 4.91. The molecule has 3 rings (SSSR count). The van der Waals surface area contributed by atoms with Crippen LogP contribution in [-0.4, -0.2) is 11.5 Å². The Balaban J connectivity index is 2.19. The highest BCUT2D eigenvalue weighted by Gasteiger charge is 2.25. The minimum Gasteiger partial charge on any atom is -0.385 e. The van der Waals surface area contributed by atoms with Crippen LogP contribution in [0.5, 0.6) is 0 Å². The van der Waals surface area contributed by atoms with Crippen LogP contribution in [0, 0.1) is 6.92 Å². The second-order valence-corrected chi connectivity index (χ2v) is 4.92. The van der Waals surface area contributed by atoms with E-state index in [1.165, 1.54) is 35.2 Å². The van der Waals surface area contributed by atoms with Crippen LogP contribution in [0.2, 0.25) is 0 Å². The summed E-state index contributed by atoms with van der Waals surface area (Å²) >= 11 is 0. The number of fused-ring (bicyclic) bond motifs is 1.